The van der Waals surface area contributed by atoms with Gasteiger partial charge in [0.25, 0.3) is 5.91 Å². The fraction of sp³-hybridized carbons (Fsp3) is 0.429. The van der Waals surface area contributed by atoms with Gasteiger partial charge in [-0.15, -0.1) is 0 Å². The predicted molar refractivity (Wildman–Crippen MR) is 55.0 cm³/mol. The molecule has 0 bridgehead atoms. The standard InChI is InChI=1S/C7H10IN3O2/c1-3-13-10-7(12)6-5(8)4-9-11(6)2/h4H,3H2,1-2H3,(H,10,12). The number of hydrogen-bond donors (Lipinski definition) is 1. The van der Waals surface area contributed by atoms with Gasteiger partial charge in [-0.25, -0.2) is 5.48 Å². The van der Waals surface area contributed by atoms with Gasteiger partial charge in [0.1, 0.15) is 5.69 Å². The Morgan fingerprint density at radius 3 is 3.00 bits per heavy atom. The molecule has 0 unspecified atom stereocenters. The quantitative estimate of drug-likeness (QED) is 0.660. The fourth-order valence-corrected chi connectivity index (χ4v) is 1.57. The lowest BCUT2D eigenvalue weighted by atomic mass is 10.4. The average Bonchev–Trinajstić information content (AvgIpc) is 2.42. The highest BCUT2D eigenvalue weighted by Crippen LogP contribution is 2.09. The molecule has 0 saturated heterocycles. The zero-order valence-corrected chi connectivity index (χ0v) is 9.53. The maximum atomic E-state index is 11.4. The Bertz CT molecular complexity index is 291. The molecule has 0 spiro atoms. The number of nitrogens with zero attached hydrogens (tertiary/aromatic N) is 2. The number of rotatable bonds is 3. The van der Waals surface area contributed by atoms with Crippen LogP contribution < -0.4 is 5.48 Å². The number of carbonyl (C=O) groups is 1. The van der Waals surface area contributed by atoms with Crippen molar-refractivity contribution in [1.82, 2.24) is 15.3 Å². The highest BCUT2D eigenvalue weighted by Gasteiger charge is 2.14. The number of carbonyl (C=O) groups excluding carboxylic acids is 1. The Morgan fingerprint density at radius 2 is 2.54 bits per heavy atom. The summed E-state index contributed by atoms with van der Waals surface area (Å²) in [5.74, 6) is -0.272. The van der Waals surface area contributed by atoms with Crippen molar-refractivity contribution in [2.75, 3.05) is 6.61 Å². The van der Waals surface area contributed by atoms with Crippen LogP contribution in [0.5, 0.6) is 0 Å². The van der Waals surface area contributed by atoms with E-state index < -0.39 is 0 Å². The minimum atomic E-state index is -0.272. The van der Waals surface area contributed by atoms with Gasteiger partial charge in [0.05, 0.1) is 16.4 Å². The molecule has 1 heterocycles. The second-order valence-electron chi connectivity index (χ2n) is 2.33. The molecule has 0 aliphatic carbocycles. The van der Waals surface area contributed by atoms with Crippen molar-refractivity contribution in [2.24, 2.45) is 7.05 Å². The van der Waals surface area contributed by atoms with Crippen molar-refractivity contribution in [3.63, 3.8) is 0 Å². The number of aryl methyl sites for hydroxylation is 1. The Kier molecular flexibility index (Phi) is 3.67. The van der Waals surface area contributed by atoms with E-state index >= 15 is 0 Å². The summed E-state index contributed by atoms with van der Waals surface area (Å²) in [6, 6.07) is 0. The molecule has 0 aromatic carbocycles. The summed E-state index contributed by atoms with van der Waals surface area (Å²) in [5.41, 5.74) is 2.82. The molecule has 1 N–H and O–H groups in total. The van der Waals surface area contributed by atoms with Crippen LogP contribution in [-0.2, 0) is 11.9 Å². The molecule has 6 heteroatoms. The van der Waals surface area contributed by atoms with Crippen LogP contribution in [0, 0.1) is 3.57 Å². The summed E-state index contributed by atoms with van der Waals surface area (Å²) in [7, 11) is 1.71. The summed E-state index contributed by atoms with van der Waals surface area (Å²) in [4.78, 5) is 16.2. The third kappa shape index (κ3) is 2.41. The lowest BCUT2D eigenvalue weighted by Gasteiger charge is -2.03. The molecule has 72 valence electrons. The fourth-order valence-electron chi connectivity index (χ4n) is 0.852. The molecule has 1 aromatic heterocycles. The van der Waals surface area contributed by atoms with Gasteiger partial charge >= 0.3 is 0 Å². The second kappa shape index (κ2) is 4.56. The molecule has 0 radical (unpaired) electrons. The molecule has 13 heavy (non-hydrogen) atoms. The van der Waals surface area contributed by atoms with E-state index in [1.165, 1.54) is 4.68 Å². The number of amides is 1. The average molecular weight is 295 g/mol. The first-order valence-corrected chi connectivity index (χ1v) is 4.84. The van der Waals surface area contributed by atoms with Crippen molar-refractivity contribution in [3.05, 3.63) is 15.5 Å². The number of nitrogens with one attached hydrogen (secondary N) is 1. The minimum absolute atomic E-state index is 0.272. The van der Waals surface area contributed by atoms with Crippen LogP contribution in [0.1, 0.15) is 17.4 Å². The number of hydrogen-bond acceptors (Lipinski definition) is 3. The van der Waals surface area contributed by atoms with Gasteiger partial charge in [0.15, 0.2) is 0 Å². The van der Waals surface area contributed by atoms with Gasteiger partial charge in [-0.3, -0.25) is 14.3 Å². The molecular formula is C7H10IN3O2. The Morgan fingerprint density at radius 1 is 1.85 bits per heavy atom. The van der Waals surface area contributed by atoms with Crippen molar-refractivity contribution in [3.8, 4) is 0 Å². The first-order valence-electron chi connectivity index (χ1n) is 3.76. The lowest BCUT2D eigenvalue weighted by molar-refractivity contribution is 0.0355. The van der Waals surface area contributed by atoms with E-state index in [0.29, 0.717) is 12.3 Å². The number of halogens is 1. The molecule has 0 fully saturated rings. The lowest BCUT2D eigenvalue weighted by Crippen LogP contribution is -2.26. The van der Waals surface area contributed by atoms with Crippen LogP contribution >= 0.6 is 22.6 Å². The maximum absolute atomic E-state index is 11.4. The van der Waals surface area contributed by atoms with E-state index in [-0.39, 0.29) is 5.91 Å². The van der Waals surface area contributed by atoms with Gasteiger partial charge in [0, 0.05) is 7.05 Å². The number of aromatic nitrogens is 2. The number of hydroxylamine groups is 1. The zero-order valence-electron chi connectivity index (χ0n) is 7.37. The molecule has 0 aliphatic rings. The van der Waals surface area contributed by atoms with E-state index in [0.717, 1.165) is 3.57 Å². The van der Waals surface area contributed by atoms with Gasteiger partial charge < -0.3 is 0 Å². The van der Waals surface area contributed by atoms with Crippen LogP contribution in [-0.4, -0.2) is 22.3 Å². The van der Waals surface area contributed by atoms with Crippen LogP contribution in [0.4, 0.5) is 0 Å². The molecule has 5 nitrogen and oxygen atoms in total. The van der Waals surface area contributed by atoms with Gasteiger partial charge in [-0.2, -0.15) is 5.10 Å². The van der Waals surface area contributed by atoms with Crippen molar-refractivity contribution < 1.29 is 9.63 Å². The summed E-state index contributed by atoms with van der Waals surface area (Å²) in [6.07, 6.45) is 1.63. The van der Waals surface area contributed by atoms with E-state index in [2.05, 4.69) is 10.6 Å². The third-order valence-corrected chi connectivity index (χ3v) is 2.21. The van der Waals surface area contributed by atoms with Crippen LogP contribution in [0.2, 0.25) is 0 Å². The predicted octanol–water partition coefficient (Wildman–Crippen LogP) is 0.706. The molecular weight excluding hydrogens is 285 g/mol. The summed E-state index contributed by atoms with van der Waals surface area (Å²) in [5, 5.41) is 3.94. The molecule has 0 saturated carbocycles. The highest BCUT2D eigenvalue weighted by molar-refractivity contribution is 14.1. The molecule has 1 amide bonds. The van der Waals surface area contributed by atoms with Crippen molar-refractivity contribution >= 4 is 28.5 Å². The van der Waals surface area contributed by atoms with E-state index in [4.69, 9.17) is 4.84 Å². The Balaban J connectivity index is 2.76. The Labute approximate surface area is 89.5 Å². The van der Waals surface area contributed by atoms with Gasteiger partial charge in [-0.05, 0) is 29.5 Å². The van der Waals surface area contributed by atoms with Crippen molar-refractivity contribution in [1.29, 1.82) is 0 Å². The van der Waals surface area contributed by atoms with E-state index in [9.17, 15) is 4.79 Å². The minimum Gasteiger partial charge on any atom is -0.274 e. The largest absolute Gasteiger partial charge is 0.294 e. The van der Waals surface area contributed by atoms with Crippen LogP contribution in [0.15, 0.2) is 6.20 Å². The summed E-state index contributed by atoms with van der Waals surface area (Å²) < 4.78 is 2.31. The molecule has 1 aromatic rings. The highest BCUT2D eigenvalue weighted by atomic mass is 127. The maximum Gasteiger partial charge on any atom is 0.294 e. The first-order chi connectivity index (χ1) is 6.16. The molecule has 0 atom stereocenters. The normalized spacial score (nSPS) is 10.1. The topological polar surface area (TPSA) is 56.1 Å². The zero-order chi connectivity index (χ0) is 9.84. The molecule has 0 aliphatic heterocycles. The van der Waals surface area contributed by atoms with E-state index in [1.807, 2.05) is 22.6 Å². The Hall–Kier alpha value is -0.630. The third-order valence-electron chi connectivity index (χ3n) is 1.42. The molecule has 1 rings (SSSR count). The van der Waals surface area contributed by atoms with Crippen molar-refractivity contribution in [2.45, 2.75) is 6.92 Å². The van der Waals surface area contributed by atoms with Gasteiger partial charge in [-0.1, -0.05) is 0 Å². The van der Waals surface area contributed by atoms with Gasteiger partial charge in [0.2, 0.25) is 0 Å². The summed E-state index contributed by atoms with van der Waals surface area (Å²) in [6.45, 7) is 2.24. The van der Waals surface area contributed by atoms with Crippen LogP contribution in [0.25, 0.3) is 0 Å². The monoisotopic (exact) mass is 295 g/mol. The SMILES string of the molecule is CCONC(=O)c1c(I)cnn1C. The summed E-state index contributed by atoms with van der Waals surface area (Å²) >= 11 is 2.05. The smallest absolute Gasteiger partial charge is 0.274 e. The van der Waals surface area contributed by atoms with Crippen LogP contribution in [0.3, 0.4) is 0 Å². The van der Waals surface area contributed by atoms with E-state index in [1.54, 1.807) is 20.2 Å². The first kappa shape index (κ1) is 10.5. The second-order valence-corrected chi connectivity index (χ2v) is 3.49.